The highest BCUT2D eigenvalue weighted by Crippen LogP contribution is 2.38. The van der Waals surface area contributed by atoms with Crippen LogP contribution in [0.2, 0.25) is 0 Å². The van der Waals surface area contributed by atoms with E-state index in [1.807, 2.05) is 12.1 Å². The van der Waals surface area contributed by atoms with E-state index >= 15 is 0 Å². The summed E-state index contributed by atoms with van der Waals surface area (Å²) >= 11 is 2.11. The molecule has 4 rings (SSSR count). The standard InChI is InChI=1S/C27H24O6S2/c1-31-27-22(33-24(28)18-11-5-2-6-12-18)23(35-26(30)20-15-9-4-10-16-20)21(17-32-27)34-25(29)19-13-7-3-8-14-19/h2-16,21-23,27H,17H2,1H3/t21-,22-,23-,27-/m1/s1. The molecule has 0 radical (unpaired) electrons. The molecule has 0 aliphatic carbocycles. The topological polar surface area (TPSA) is 78.9 Å². The molecule has 0 bridgehead atoms. The Morgan fingerprint density at radius 2 is 1.23 bits per heavy atom. The third kappa shape index (κ3) is 6.41. The van der Waals surface area contributed by atoms with Crippen molar-refractivity contribution < 1.29 is 28.6 Å². The number of hydrogen-bond acceptors (Lipinski definition) is 8. The monoisotopic (exact) mass is 508 g/mol. The molecular formula is C27H24O6S2. The molecule has 35 heavy (non-hydrogen) atoms. The zero-order valence-corrected chi connectivity index (χ0v) is 20.6. The van der Waals surface area contributed by atoms with Crippen molar-refractivity contribution in [3.05, 3.63) is 108 Å². The molecule has 8 heteroatoms. The van der Waals surface area contributed by atoms with Crippen molar-refractivity contribution in [1.82, 2.24) is 0 Å². The van der Waals surface area contributed by atoms with Crippen molar-refractivity contribution in [3.63, 3.8) is 0 Å². The molecule has 0 aromatic heterocycles. The second kappa shape index (κ2) is 12.2. The second-order valence-corrected chi connectivity index (χ2v) is 10.1. The van der Waals surface area contributed by atoms with Gasteiger partial charge in [-0.05, 0) is 12.1 Å². The van der Waals surface area contributed by atoms with Crippen LogP contribution >= 0.6 is 23.5 Å². The number of esters is 1. The molecular weight excluding hydrogens is 484 g/mol. The lowest BCUT2D eigenvalue weighted by molar-refractivity contribution is -0.197. The number of thioether (sulfide) groups is 2. The summed E-state index contributed by atoms with van der Waals surface area (Å²) in [6.07, 6.45) is -1.80. The predicted octanol–water partition coefficient (Wildman–Crippen LogP) is 5.10. The molecule has 1 fully saturated rings. The Balaban J connectivity index is 1.62. The molecule has 0 spiro atoms. The van der Waals surface area contributed by atoms with E-state index in [0.29, 0.717) is 16.7 Å². The van der Waals surface area contributed by atoms with Crippen LogP contribution in [0.4, 0.5) is 0 Å². The van der Waals surface area contributed by atoms with Crippen molar-refractivity contribution >= 4 is 39.7 Å². The number of ether oxygens (including phenoxy) is 3. The fraction of sp³-hybridized carbons (Fsp3) is 0.222. The Morgan fingerprint density at radius 1 is 0.743 bits per heavy atom. The van der Waals surface area contributed by atoms with E-state index in [4.69, 9.17) is 14.2 Å². The molecule has 6 nitrogen and oxygen atoms in total. The van der Waals surface area contributed by atoms with Crippen molar-refractivity contribution in [2.75, 3.05) is 13.7 Å². The van der Waals surface area contributed by atoms with Gasteiger partial charge in [-0.15, -0.1) is 0 Å². The Morgan fingerprint density at radius 3 is 1.74 bits per heavy atom. The fourth-order valence-electron chi connectivity index (χ4n) is 3.63. The molecule has 0 amide bonds. The summed E-state index contributed by atoms with van der Waals surface area (Å²) in [7, 11) is 1.46. The quantitative estimate of drug-likeness (QED) is 0.408. The average molecular weight is 509 g/mol. The molecule has 1 aliphatic heterocycles. The summed E-state index contributed by atoms with van der Waals surface area (Å²) < 4.78 is 17.2. The minimum Gasteiger partial charge on any atom is -0.452 e. The van der Waals surface area contributed by atoms with Gasteiger partial charge in [-0.3, -0.25) is 9.59 Å². The highest BCUT2D eigenvalue weighted by atomic mass is 32.2. The van der Waals surface area contributed by atoms with E-state index in [0.717, 1.165) is 23.5 Å². The summed E-state index contributed by atoms with van der Waals surface area (Å²) in [4.78, 5) is 39.1. The third-order valence-corrected chi connectivity index (χ3v) is 8.06. The Kier molecular flexibility index (Phi) is 8.76. The van der Waals surface area contributed by atoms with Crippen LogP contribution in [0.15, 0.2) is 91.0 Å². The van der Waals surface area contributed by atoms with E-state index in [1.165, 1.54) is 7.11 Å². The Bertz CT molecular complexity index is 1140. The SMILES string of the molecule is CO[C@@H]1OC[C@@H](SC(=O)c2ccccc2)[C@@H](SC(=O)c2ccccc2)[C@H]1OC(=O)c1ccccc1. The molecule has 3 aromatic carbocycles. The van der Waals surface area contributed by atoms with Gasteiger partial charge in [-0.1, -0.05) is 102 Å². The van der Waals surface area contributed by atoms with Crippen LogP contribution in [0.25, 0.3) is 0 Å². The highest BCUT2D eigenvalue weighted by molar-refractivity contribution is 8.18. The van der Waals surface area contributed by atoms with Gasteiger partial charge < -0.3 is 14.2 Å². The van der Waals surface area contributed by atoms with Gasteiger partial charge in [-0.2, -0.15) is 0 Å². The van der Waals surface area contributed by atoms with E-state index < -0.39 is 28.9 Å². The molecule has 4 atom stereocenters. The highest BCUT2D eigenvalue weighted by Gasteiger charge is 2.46. The fourth-order valence-corrected chi connectivity index (χ4v) is 6.01. The number of rotatable bonds is 7. The number of benzene rings is 3. The van der Waals surface area contributed by atoms with Crippen molar-refractivity contribution in [2.45, 2.75) is 22.9 Å². The lowest BCUT2D eigenvalue weighted by atomic mass is 10.1. The molecule has 1 saturated heterocycles. The maximum absolute atomic E-state index is 13.2. The first-order valence-corrected chi connectivity index (χ1v) is 12.7. The molecule has 180 valence electrons. The maximum atomic E-state index is 13.2. The van der Waals surface area contributed by atoms with Gasteiger partial charge in [-0.25, -0.2) is 4.79 Å². The summed E-state index contributed by atoms with van der Waals surface area (Å²) in [5, 5.41) is -1.39. The van der Waals surface area contributed by atoms with Crippen molar-refractivity contribution in [1.29, 1.82) is 0 Å². The lowest BCUT2D eigenvalue weighted by Crippen LogP contribution is -2.53. The lowest BCUT2D eigenvalue weighted by Gasteiger charge is -2.40. The first-order chi connectivity index (χ1) is 17.1. The van der Waals surface area contributed by atoms with Gasteiger partial charge in [0.25, 0.3) is 0 Å². The molecule has 0 saturated carbocycles. The minimum absolute atomic E-state index is 0.152. The van der Waals surface area contributed by atoms with Crippen LogP contribution in [0, 0.1) is 0 Å². The summed E-state index contributed by atoms with van der Waals surface area (Å²) in [5.74, 6) is -0.556. The number of carbonyl (C=O) groups is 3. The summed E-state index contributed by atoms with van der Waals surface area (Å²) in [6, 6.07) is 26.3. The smallest absolute Gasteiger partial charge is 0.338 e. The van der Waals surface area contributed by atoms with E-state index in [-0.39, 0.29) is 16.8 Å². The van der Waals surface area contributed by atoms with Gasteiger partial charge in [0.05, 0.1) is 22.7 Å². The molecule has 0 N–H and O–H groups in total. The largest absolute Gasteiger partial charge is 0.452 e. The number of hydrogen-bond donors (Lipinski definition) is 0. The van der Waals surface area contributed by atoms with Crippen LogP contribution in [0.5, 0.6) is 0 Å². The summed E-state index contributed by atoms with van der Waals surface area (Å²) in [5.41, 5.74) is 1.43. The van der Waals surface area contributed by atoms with Gasteiger partial charge in [0.2, 0.25) is 10.2 Å². The predicted molar refractivity (Wildman–Crippen MR) is 137 cm³/mol. The van der Waals surface area contributed by atoms with Gasteiger partial charge in [0.15, 0.2) is 12.4 Å². The number of methoxy groups -OCH3 is 1. The third-order valence-electron chi connectivity index (χ3n) is 5.39. The Hall–Kier alpha value is -2.91. The van der Waals surface area contributed by atoms with E-state index in [2.05, 4.69) is 0 Å². The molecule has 1 heterocycles. The van der Waals surface area contributed by atoms with Gasteiger partial charge >= 0.3 is 5.97 Å². The van der Waals surface area contributed by atoms with Crippen LogP contribution in [-0.4, -0.2) is 52.8 Å². The van der Waals surface area contributed by atoms with E-state index in [9.17, 15) is 14.4 Å². The van der Waals surface area contributed by atoms with Crippen LogP contribution in [-0.2, 0) is 14.2 Å². The van der Waals surface area contributed by atoms with Crippen LogP contribution in [0.3, 0.4) is 0 Å². The zero-order chi connectivity index (χ0) is 24.6. The zero-order valence-electron chi connectivity index (χ0n) is 18.9. The Labute approximate surface area is 212 Å². The minimum atomic E-state index is -0.916. The van der Waals surface area contributed by atoms with Crippen molar-refractivity contribution in [2.24, 2.45) is 0 Å². The molecule has 0 unspecified atom stereocenters. The normalized spacial score (nSPS) is 21.7. The van der Waals surface area contributed by atoms with Gasteiger partial charge in [0, 0.05) is 18.2 Å². The van der Waals surface area contributed by atoms with Gasteiger partial charge in [0.1, 0.15) is 0 Å². The van der Waals surface area contributed by atoms with Crippen molar-refractivity contribution in [3.8, 4) is 0 Å². The van der Waals surface area contributed by atoms with E-state index in [1.54, 1.807) is 78.9 Å². The van der Waals surface area contributed by atoms with Crippen LogP contribution < -0.4 is 0 Å². The first kappa shape index (κ1) is 25.2. The first-order valence-electron chi connectivity index (χ1n) is 11.0. The maximum Gasteiger partial charge on any atom is 0.338 e. The number of carbonyl (C=O) groups excluding carboxylic acids is 3. The average Bonchev–Trinajstić information content (AvgIpc) is 2.91. The molecule has 1 aliphatic rings. The summed E-state index contributed by atoms with van der Waals surface area (Å²) in [6.45, 7) is 0.154. The molecule has 3 aromatic rings. The second-order valence-electron chi connectivity index (χ2n) is 7.72. The van der Waals surface area contributed by atoms with Crippen LogP contribution in [0.1, 0.15) is 31.1 Å².